The van der Waals surface area contributed by atoms with Crippen molar-refractivity contribution in [3.05, 3.63) is 30.1 Å². The van der Waals surface area contributed by atoms with Crippen molar-refractivity contribution in [2.75, 3.05) is 5.32 Å². The van der Waals surface area contributed by atoms with Crippen LogP contribution in [-0.4, -0.2) is 33.0 Å². The van der Waals surface area contributed by atoms with Crippen molar-refractivity contribution in [1.29, 1.82) is 0 Å². The van der Waals surface area contributed by atoms with Gasteiger partial charge in [0, 0.05) is 17.3 Å². The predicted octanol–water partition coefficient (Wildman–Crippen LogP) is 2.27. The van der Waals surface area contributed by atoms with Gasteiger partial charge in [-0.3, -0.25) is 14.7 Å². The number of nitrogens with one attached hydrogen (secondary N) is 3. The Morgan fingerprint density at radius 1 is 1.25 bits per heavy atom. The van der Waals surface area contributed by atoms with Crippen LogP contribution in [0.4, 0.5) is 5.69 Å². The second-order valence-corrected chi connectivity index (χ2v) is 5.93. The fourth-order valence-corrected chi connectivity index (χ4v) is 2.16. The van der Waals surface area contributed by atoms with Crippen LogP contribution in [0.1, 0.15) is 33.0 Å². The van der Waals surface area contributed by atoms with E-state index in [1.165, 1.54) is 0 Å². The van der Waals surface area contributed by atoms with E-state index in [0.717, 1.165) is 12.0 Å². The monoisotopic (exact) mass is 329 g/mol. The molecule has 0 unspecified atom stereocenters. The minimum Gasteiger partial charge on any atom is -0.345 e. The summed E-state index contributed by atoms with van der Waals surface area (Å²) in [7, 11) is 0. The first-order valence-electron chi connectivity index (χ1n) is 8.02. The van der Waals surface area contributed by atoms with Gasteiger partial charge in [0.05, 0.1) is 0 Å². The minimum absolute atomic E-state index is 0.0594. The highest BCUT2D eigenvalue weighted by atomic mass is 16.2. The highest BCUT2D eigenvalue weighted by molar-refractivity contribution is 6.39. The van der Waals surface area contributed by atoms with E-state index in [2.05, 4.69) is 25.8 Å². The molecule has 1 heterocycles. The lowest BCUT2D eigenvalue weighted by atomic mass is 10.0. The molecule has 0 radical (unpaired) electrons. The van der Waals surface area contributed by atoms with E-state index in [-0.39, 0.29) is 6.04 Å². The molecule has 0 aliphatic rings. The number of hydrogen-bond acceptors (Lipinski definition) is 4. The van der Waals surface area contributed by atoms with E-state index in [0.29, 0.717) is 23.3 Å². The molecule has 24 heavy (non-hydrogen) atoms. The summed E-state index contributed by atoms with van der Waals surface area (Å²) >= 11 is 0. The standard InChI is InChI=1S/C17H23N5O2/c1-5-10(2)11(3)18-16(23)17(24)20-14-8-6-7-13(9-14)15-19-12(4)21-22-15/h6-11H,5H2,1-4H3,(H,18,23)(H,20,24)(H,19,21,22)/t10-,11-/m1/s1. The maximum absolute atomic E-state index is 12.1. The molecule has 2 amide bonds. The second kappa shape index (κ2) is 7.72. The Morgan fingerprint density at radius 3 is 2.62 bits per heavy atom. The molecular formula is C17H23N5O2. The van der Waals surface area contributed by atoms with Gasteiger partial charge in [0.1, 0.15) is 5.82 Å². The fraction of sp³-hybridized carbons (Fsp3) is 0.412. The molecule has 0 aliphatic heterocycles. The molecule has 0 spiro atoms. The summed E-state index contributed by atoms with van der Waals surface area (Å²) in [6.07, 6.45) is 0.932. The lowest BCUT2D eigenvalue weighted by molar-refractivity contribution is -0.136. The van der Waals surface area contributed by atoms with Crippen molar-refractivity contribution in [2.24, 2.45) is 5.92 Å². The quantitative estimate of drug-likeness (QED) is 0.733. The third-order valence-electron chi connectivity index (χ3n) is 4.04. The van der Waals surface area contributed by atoms with Crippen molar-refractivity contribution in [3.63, 3.8) is 0 Å². The number of hydrogen-bond donors (Lipinski definition) is 3. The topological polar surface area (TPSA) is 99.8 Å². The molecule has 0 fully saturated rings. The van der Waals surface area contributed by atoms with Gasteiger partial charge >= 0.3 is 11.8 Å². The molecule has 0 aliphatic carbocycles. The lowest BCUT2D eigenvalue weighted by Crippen LogP contribution is -2.43. The number of carbonyl (C=O) groups excluding carboxylic acids is 2. The molecule has 2 aromatic rings. The Morgan fingerprint density at radius 2 is 2.00 bits per heavy atom. The average molecular weight is 329 g/mol. The maximum atomic E-state index is 12.1. The van der Waals surface area contributed by atoms with Crippen LogP contribution in [0.5, 0.6) is 0 Å². The van der Waals surface area contributed by atoms with Gasteiger partial charge in [-0.25, -0.2) is 4.98 Å². The van der Waals surface area contributed by atoms with Gasteiger partial charge in [-0.1, -0.05) is 32.4 Å². The molecule has 1 aromatic carbocycles. The van der Waals surface area contributed by atoms with Gasteiger partial charge in [-0.05, 0) is 31.9 Å². The lowest BCUT2D eigenvalue weighted by Gasteiger charge is -2.19. The SMILES string of the molecule is CC[C@@H](C)[C@@H](C)NC(=O)C(=O)Nc1cccc(-c2n[nH]c(C)n2)c1. The van der Waals surface area contributed by atoms with Crippen LogP contribution < -0.4 is 10.6 Å². The Balaban J connectivity index is 2.03. The van der Waals surface area contributed by atoms with E-state index in [4.69, 9.17) is 0 Å². The zero-order valence-electron chi connectivity index (χ0n) is 14.4. The molecule has 2 atom stereocenters. The predicted molar refractivity (Wildman–Crippen MR) is 92.2 cm³/mol. The Kier molecular flexibility index (Phi) is 5.68. The van der Waals surface area contributed by atoms with E-state index < -0.39 is 11.8 Å². The zero-order valence-corrected chi connectivity index (χ0v) is 14.4. The van der Waals surface area contributed by atoms with E-state index in [9.17, 15) is 9.59 Å². The third-order valence-corrected chi connectivity index (χ3v) is 4.04. The van der Waals surface area contributed by atoms with Crippen molar-refractivity contribution < 1.29 is 9.59 Å². The third kappa shape index (κ3) is 4.41. The zero-order chi connectivity index (χ0) is 17.7. The van der Waals surface area contributed by atoms with Crippen LogP contribution in [0.3, 0.4) is 0 Å². The summed E-state index contributed by atoms with van der Waals surface area (Å²) in [6, 6.07) is 6.99. The number of aromatic amines is 1. The van der Waals surface area contributed by atoms with Crippen molar-refractivity contribution in [2.45, 2.75) is 40.2 Å². The smallest absolute Gasteiger partial charge is 0.313 e. The normalized spacial score (nSPS) is 13.2. The van der Waals surface area contributed by atoms with E-state index in [1.54, 1.807) is 18.2 Å². The average Bonchev–Trinajstić information content (AvgIpc) is 3.00. The molecule has 3 N–H and O–H groups in total. The molecular weight excluding hydrogens is 306 g/mol. The summed E-state index contributed by atoms with van der Waals surface area (Å²) in [5, 5.41) is 12.2. The van der Waals surface area contributed by atoms with Gasteiger partial charge in [0.2, 0.25) is 0 Å². The number of anilines is 1. The second-order valence-electron chi connectivity index (χ2n) is 5.93. The minimum atomic E-state index is -0.687. The highest BCUT2D eigenvalue weighted by Gasteiger charge is 2.19. The van der Waals surface area contributed by atoms with Gasteiger partial charge < -0.3 is 10.6 Å². The summed E-state index contributed by atoms with van der Waals surface area (Å²) in [5.74, 6) is 0.228. The van der Waals surface area contributed by atoms with Gasteiger partial charge in [-0.15, -0.1) is 0 Å². The van der Waals surface area contributed by atoms with Crippen LogP contribution >= 0.6 is 0 Å². The first-order valence-corrected chi connectivity index (χ1v) is 8.02. The fourth-order valence-electron chi connectivity index (χ4n) is 2.16. The Labute approximate surface area is 141 Å². The van der Waals surface area contributed by atoms with Gasteiger partial charge in [0.25, 0.3) is 0 Å². The number of benzene rings is 1. The van der Waals surface area contributed by atoms with Crippen LogP contribution in [0, 0.1) is 12.8 Å². The summed E-state index contributed by atoms with van der Waals surface area (Å²) < 4.78 is 0. The van der Waals surface area contributed by atoms with Crippen LogP contribution in [0.25, 0.3) is 11.4 Å². The molecule has 0 saturated carbocycles. The maximum Gasteiger partial charge on any atom is 0.313 e. The van der Waals surface area contributed by atoms with Gasteiger partial charge in [0.15, 0.2) is 5.82 Å². The molecule has 2 rings (SSSR count). The van der Waals surface area contributed by atoms with E-state index >= 15 is 0 Å². The van der Waals surface area contributed by atoms with Crippen LogP contribution in [-0.2, 0) is 9.59 Å². The largest absolute Gasteiger partial charge is 0.345 e. The molecule has 7 heteroatoms. The summed E-state index contributed by atoms with van der Waals surface area (Å²) in [6.45, 7) is 7.78. The van der Waals surface area contributed by atoms with Crippen molar-refractivity contribution in [3.8, 4) is 11.4 Å². The summed E-state index contributed by atoms with van der Waals surface area (Å²) in [4.78, 5) is 28.3. The number of H-pyrrole nitrogens is 1. The Bertz CT molecular complexity index is 725. The van der Waals surface area contributed by atoms with Crippen LogP contribution in [0.15, 0.2) is 24.3 Å². The molecule has 1 aromatic heterocycles. The highest BCUT2D eigenvalue weighted by Crippen LogP contribution is 2.19. The number of rotatable bonds is 5. The van der Waals surface area contributed by atoms with Crippen molar-refractivity contribution >= 4 is 17.5 Å². The molecule has 7 nitrogen and oxygen atoms in total. The van der Waals surface area contributed by atoms with Crippen molar-refractivity contribution in [1.82, 2.24) is 20.5 Å². The first kappa shape index (κ1) is 17.7. The van der Waals surface area contributed by atoms with E-state index in [1.807, 2.05) is 33.8 Å². The Hall–Kier alpha value is -2.70. The summed E-state index contributed by atoms with van der Waals surface area (Å²) in [5.41, 5.74) is 1.27. The first-order chi connectivity index (χ1) is 11.4. The number of carbonyl (C=O) groups is 2. The van der Waals surface area contributed by atoms with Gasteiger partial charge in [-0.2, -0.15) is 5.10 Å². The molecule has 128 valence electrons. The molecule has 0 saturated heterocycles. The van der Waals surface area contributed by atoms with Crippen LogP contribution in [0.2, 0.25) is 0 Å². The number of aryl methyl sites for hydroxylation is 1. The number of amides is 2. The number of aromatic nitrogens is 3. The number of nitrogens with zero attached hydrogens (tertiary/aromatic N) is 2. The molecule has 0 bridgehead atoms.